The first-order chi connectivity index (χ1) is 12.1. The predicted molar refractivity (Wildman–Crippen MR) is 97.0 cm³/mol. The standard InChI is InChI=1S/C19H30N2O4.ClH/c1-3-5-16-6-8-18(9-7-16)25-15-17(22)14-20-10-12-21(13-11-20)19(23)24-4-2;/h6-9,17,22H,3-5,10-15H2,1-2H3;1H/p-1. The molecule has 0 saturated carbocycles. The lowest BCUT2D eigenvalue weighted by molar-refractivity contribution is -0.0000195. The van der Waals surface area contributed by atoms with Gasteiger partial charge in [0.25, 0.3) is 0 Å². The van der Waals surface area contributed by atoms with Gasteiger partial charge in [-0.3, -0.25) is 4.90 Å². The van der Waals surface area contributed by atoms with Crippen LogP contribution in [0.4, 0.5) is 4.79 Å². The minimum Gasteiger partial charge on any atom is -1.00 e. The van der Waals surface area contributed by atoms with E-state index in [0.29, 0.717) is 26.2 Å². The quantitative estimate of drug-likeness (QED) is 0.632. The Morgan fingerprint density at radius 2 is 1.81 bits per heavy atom. The van der Waals surface area contributed by atoms with Crippen LogP contribution in [-0.2, 0) is 11.2 Å². The molecular formula is C19H30ClN2O4-. The van der Waals surface area contributed by atoms with Crippen LogP contribution < -0.4 is 17.1 Å². The molecule has 1 aromatic rings. The first-order valence-corrected chi connectivity index (χ1v) is 9.16. The molecule has 148 valence electrons. The fraction of sp³-hybridized carbons (Fsp3) is 0.632. The minimum atomic E-state index is -0.551. The first-order valence-electron chi connectivity index (χ1n) is 9.16. The number of aliphatic hydroxyl groups is 1. The zero-order valence-corrected chi connectivity index (χ0v) is 16.5. The Labute approximate surface area is 162 Å². The third kappa shape index (κ3) is 7.40. The van der Waals surface area contributed by atoms with Crippen molar-refractivity contribution < 1.29 is 31.8 Å². The summed E-state index contributed by atoms with van der Waals surface area (Å²) in [6.45, 7) is 7.92. The van der Waals surface area contributed by atoms with Gasteiger partial charge in [0.05, 0.1) is 6.61 Å². The first kappa shape index (κ1) is 22.5. The van der Waals surface area contributed by atoms with Crippen LogP contribution in [0.1, 0.15) is 25.8 Å². The second-order valence-electron chi connectivity index (χ2n) is 6.35. The maximum absolute atomic E-state index is 11.7. The van der Waals surface area contributed by atoms with Gasteiger partial charge in [-0.2, -0.15) is 0 Å². The van der Waals surface area contributed by atoms with Crippen molar-refractivity contribution in [3.63, 3.8) is 0 Å². The summed E-state index contributed by atoms with van der Waals surface area (Å²) in [6, 6.07) is 8.05. The van der Waals surface area contributed by atoms with Gasteiger partial charge in [-0.05, 0) is 31.0 Å². The molecule has 0 spiro atoms. The second kappa shape index (κ2) is 12.0. The van der Waals surface area contributed by atoms with E-state index in [4.69, 9.17) is 9.47 Å². The van der Waals surface area contributed by atoms with E-state index in [9.17, 15) is 9.90 Å². The molecule has 6 nitrogen and oxygen atoms in total. The van der Waals surface area contributed by atoms with E-state index in [2.05, 4.69) is 24.0 Å². The van der Waals surface area contributed by atoms with Crippen LogP contribution in [0.15, 0.2) is 24.3 Å². The van der Waals surface area contributed by atoms with E-state index in [1.165, 1.54) is 5.56 Å². The predicted octanol–water partition coefficient (Wildman–Crippen LogP) is -0.843. The summed E-state index contributed by atoms with van der Waals surface area (Å²) in [6.07, 6.45) is 1.39. The molecule has 1 aliphatic heterocycles. The van der Waals surface area contributed by atoms with Crippen molar-refractivity contribution in [1.29, 1.82) is 0 Å². The van der Waals surface area contributed by atoms with Crippen LogP contribution in [0.5, 0.6) is 5.75 Å². The van der Waals surface area contributed by atoms with Gasteiger partial charge in [0.15, 0.2) is 0 Å². The maximum Gasteiger partial charge on any atom is 0.409 e. The molecule has 1 aromatic carbocycles. The number of aliphatic hydroxyl groups excluding tert-OH is 1. The molecule has 1 unspecified atom stereocenters. The Morgan fingerprint density at radius 3 is 2.38 bits per heavy atom. The Hall–Kier alpha value is -1.50. The highest BCUT2D eigenvalue weighted by Gasteiger charge is 2.23. The lowest BCUT2D eigenvalue weighted by Crippen LogP contribution is -3.00. The largest absolute Gasteiger partial charge is 1.00 e. The van der Waals surface area contributed by atoms with Gasteiger partial charge < -0.3 is 31.9 Å². The molecule has 7 heteroatoms. The molecule has 1 amide bonds. The number of carbonyl (C=O) groups excluding carboxylic acids is 1. The van der Waals surface area contributed by atoms with Crippen molar-refractivity contribution in [3.05, 3.63) is 29.8 Å². The molecule has 1 fully saturated rings. The van der Waals surface area contributed by atoms with Crippen LogP contribution in [0.2, 0.25) is 0 Å². The van der Waals surface area contributed by atoms with E-state index >= 15 is 0 Å². The van der Waals surface area contributed by atoms with Crippen molar-refractivity contribution >= 4 is 6.09 Å². The molecule has 2 rings (SSSR count). The number of β-amino-alcohol motifs (C(OH)–C–C–N with tert-alkyl or cyclic N) is 1. The van der Waals surface area contributed by atoms with Gasteiger partial charge in [-0.25, -0.2) is 4.79 Å². The number of nitrogens with zero attached hydrogens (tertiary/aromatic N) is 2. The molecule has 0 bridgehead atoms. The van der Waals surface area contributed by atoms with Crippen molar-refractivity contribution in [2.45, 2.75) is 32.8 Å². The number of rotatable bonds is 8. The summed E-state index contributed by atoms with van der Waals surface area (Å²) >= 11 is 0. The number of amides is 1. The summed E-state index contributed by atoms with van der Waals surface area (Å²) in [4.78, 5) is 15.5. The van der Waals surface area contributed by atoms with Crippen LogP contribution >= 0.6 is 0 Å². The lowest BCUT2D eigenvalue weighted by atomic mass is 10.1. The van der Waals surface area contributed by atoms with Gasteiger partial charge in [0, 0.05) is 32.7 Å². The highest BCUT2D eigenvalue weighted by Crippen LogP contribution is 2.14. The van der Waals surface area contributed by atoms with Gasteiger partial charge >= 0.3 is 6.09 Å². The van der Waals surface area contributed by atoms with Crippen LogP contribution in [0.3, 0.4) is 0 Å². The molecule has 1 atom stereocenters. The number of benzene rings is 1. The number of ether oxygens (including phenoxy) is 2. The topological polar surface area (TPSA) is 62.2 Å². The van der Waals surface area contributed by atoms with Gasteiger partial charge in [0.1, 0.15) is 18.5 Å². The normalized spacial score (nSPS) is 15.9. The Balaban J connectivity index is 0.00000338. The van der Waals surface area contributed by atoms with Crippen LogP contribution in [0, 0.1) is 0 Å². The third-order valence-electron chi connectivity index (χ3n) is 4.27. The Kier molecular flexibility index (Phi) is 10.4. The van der Waals surface area contributed by atoms with Crippen molar-refractivity contribution in [2.24, 2.45) is 0 Å². The second-order valence-corrected chi connectivity index (χ2v) is 6.35. The average Bonchev–Trinajstić information content (AvgIpc) is 2.62. The summed E-state index contributed by atoms with van der Waals surface area (Å²) < 4.78 is 10.7. The Bertz CT molecular complexity index is 519. The summed E-state index contributed by atoms with van der Waals surface area (Å²) in [5.41, 5.74) is 1.30. The smallest absolute Gasteiger partial charge is 0.409 e. The monoisotopic (exact) mass is 385 g/mol. The zero-order valence-electron chi connectivity index (χ0n) is 15.7. The number of piperazine rings is 1. The molecule has 0 radical (unpaired) electrons. The summed E-state index contributed by atoms with van der Waals surface area (Å²) in [5.74, 6) is 0.783. The van der Waals surface area contributed by atoms with Crippen LogP contribution in [-0.4, -0.2) is 73.0 Å². The molecule has 26 heavy (non-hydrogen) atoms. The summed E-state index contributed by atoms with van der Waals surface area (Å²) in [5, 5.41) is 10.2. The molecule has 1 saturated heterocycles. The SMILES string of the molecule is CCCc1ccc(OCC(O)CN2CCN(C(=O)OCC)CC2)cc1.[Cl-]. The van der Waals surface area contributed by atoms with Crippen molar-refractivity contribution in [2.75, 3.05) is 45.9 Å². The summed E-state index contributed by atoms with van der Waals surface area (Å²) in [7, 11) is 0. The third-order valence-corrected chi connectivity index (χ3v) is 4.27. The van der Waals surface area contributed by atoms with E-state index in [0.717, 1.165) is 31.7 Å². The maximum atomic E-state index is 11.7. The zero-order chi connectivity index (χ0) is 18.1. The minimum absolute atomic E-state index is 0. The highest BCUT2D eigenvalue weighted by atomic mass is 35.5. The molecule has 1 aliphatic rings. The molecule has 1 heterocycles. The van der Waals surface area contributed by atoms with Crippen LogP contribution in [0.25, 0.3) is 0 Å². The fourth-order valence-corrected chi connectivity index (χ4v) is 2.91. The number of carbonyl (C=O) groups is 1. The van der Waals surface area contributed by atoms with Crippen molar-refractivity contribution in [1.82, 2.24) is 9.80 Å². The average molecular weight is 386 g/mol. The van der Waals surface area contributed by atoms with E-state index in [-0.39, 0.29) is 25.1 Å². The Morgan fingerprint density at radius 1 is 1.15 bits per heavy atom. The molecule has 0 aromatic heterocycles. The number of halogens is 1. The number of hydrogen-bond acceptors (Lipinski definition) is 5. The fourth-order valence-electron chi connectivity index (χ4n) is 2.91. The lowest BCUT2D eigenvalue weighted by Gasteiger charge is -2.34. The van der Waals surface area contributed by atoms with Gasteiger partial charge in [0.2, 0.25) is 0 Å². The van der Waals surface area contributed by atoms with Gasteiger partial charge in [-0.15, -0.1) is 0 Å². The van der Waals surface area contributed by atoms with E-state index in [1.807, 2.05) is 19.1 Å². The highest BCUT2D eigenvalue weighted by molar-refractivity contribution is 5.67. The van der Waals surface area contributed by atoms with E-state index < -0.39 is 6.10 Å². The van der Waals surface area contributed by atoms with Crippen molar-refractivity contribution in [3.8, 4) is 5.75 Å². The molecular weight excluding hydrogens is 356 g/mol. The van der Waals surface area contributed by atoms with E-state index in [1.54, 1.807) is 4.90 Å². The number of aryl methyl sites for hydroxylation is 1. The number of hydrogen-bond donors (Lipinski definition) is 1. The van der Waals surface area contributed by atoms with Gasteiger partial charge in [-0.1, -0.05) is 25.5 Å². The molecule has 1 N–H and O–H groups in total. The molecule has 0 aliphatic carbocycles.